The first-order chi connectivity index (χ1) is 11.8. The molecule has 0 aliphatic carbocycles. The predicted octanol–water partition coefficient (Wildman–Crippen LogP) is 3.83. The average Bonchev–Trinajstić information content (AvgIpc) is 3.29. The summed E-state index contributed by atoms with van der Waals surface area (Å²) < 4.78 is 5.15. The highest BCUT2D eigenvalue weighted by molar-refractivity contribution is 7.13. The lowest BCUT2D eigenvalue weighted by molar-refractivity contribution is -0.121. The van der Waals surface area contributed by atoms with Gasteiger partial charge in [0, 0.05) is 6.42 Å². The molecule has 1 amide bonds. The van der Waals surface area contributed by atoms with Crippen LogP contribution in [0.25, 0.3) is 10.7 Å². The highest BCUT2D eigenvalue weighted by Crippen LogP contribution is 2.21. The van der Waals surface area contributed by atoms with E-state index in [9.17, 15) is 4.79 Å². The van der Waals surface area contributed by atoms with Gasteiger partial charge in [-0.15, -0.1) is 11.3 Å². The summed E-state index contributed by atoms with van der Waals surface area (Å²) >= 11 is 1.55. The molecule has 0 saturated heterocycles. The predicted molar refractivity (Wildman–Crippen MR) is 93.5 cm³/mol. The molecule has 0 radical (unpaired) electrons. The Bertz CT molecular complexity index is 754. The molecule has 0 saturated carbocycles. The Labute approximate surface area is 144 Å². The fourth-order valence-electron chi connectivity index (χ4n) is 2.35. The highest BCUT2D eigenvalue weighted by Gasteiger charge is 2.10. The van der Waals surface area contributed by atoms with E-state index in [1.54, 1.807) is 11.3 Å². The number of hydrogen-bond donors (Lipinski definition) is 1. The van der Waals surface area contributed by atoms with Crippen molar-refractivity contribution >= 4 is 17.2 Å². The summed E-state index contributed by atoms with van der Waals surface area (Å²) in [5.41, 5.74) is 1.31. The molecule has 1 N–H and O–H groups in total. The number of amides is 1. The Kier molecular flexibility index (Phi) is 5.74. The smallest absolute Gasteiger partial charge is 0.246 e. The van der Waals surface area contributed by atoms with Gasteiger partial charge < -0.3 is 9.84 Å². The summed E-state index contributed by atoms with van der Waals surface area (Å²) in [5, 5.41) is 8.70. The quantitative estimate of drug-likeness (QED) is 0.632. The van der Waals surface area contributed by atoms with Crippen LogP contribution >= 0.6 is 11.3 Å². The Balaban J connectivity index is 1.35. The van der Waals surface area contributed by atoms with Gasteiger partial charge in [-0.2, -0.15) is 4.98 Å². The van der Waals surface area contributed by atoms with Crippen LogP contribution in [0.15, 0.2) is 52.4 Å². The van der Waals surface area contributed by atoms with E-state index in [1.165, 1.54) is 5.56 Å². The average molecular weight is 341 g/mol. The minimum Gasteiger partial charge on any atom is -0.347 e. The van der Waals surface area contributed by atoms with Gasteiger partial charge in [-0.25, -0.2) is 0 Å². The van der Waals surface area contributed by atoms with Gasteiger partial charge in [-0.3, -0.25) is 4.79 Å². The first-order valence-electron chi connectivity index (χ1n) is 7.98. The maximum atomic E-state index is 11.9. The Morgan fingerprint density at radius 3 is 2.79 bits per heavy atom. The van der Waals surface area contributed by atoms with Crippen molar-refractivity contribution < 1.29 is 9.32 Å². The van der Waals surface area contributed by atoms with Gasteiger partial charge in [-0.05, 0) is 36.3 Å². The number of aromatic nitrogens is 2. The van der Waals surface area contributed by atoms with Crippen molar-refractivity contribution in [1.29, 1.82) is 0 Å². The number of thiophene rings is 1. The third-order valence-electron chi connectivity index (χ3n) is 3.61. The minimum atomic E-state index is 0.0129. The van der Waals surface area contributed by atoms with Crippen LogP contribution in [0.3, 0.4) is 0 Å². The normalized spacial score (nSPS) is 10.7. The molecule has 5 nitrogen and oxygen atoms in total. The highest BCUT2D eigenvalue weighted by atomic mass is 32.1. The van der Waals surface area contributed by atoms with Crippen molar-refractivity contribution in [1.82, 2.24) is 15.5 Å². The molecule has 2 heterocycles. The summed E-state index contributed by atoms with van der Waals surface area (Å²) in [7, 11) is 0. The van der Waals surface area contributed by atoms with Crippen LogP contribution in [0.5, 0.6) is 0 Å². The Hall–Kier alpha value is -2.47. The zero-order chi connectivity index (χ0) is 16.6. The lowest BCUT2D eigenvalue weighted by atomic mass is 10.1. The maximum Gasteiger partial charge on any atom is 0.246 e. The zero-order valence-electron chi connectivity index (χ0n) is 13.3. The second kappa shape index (κ2) is 8.40. The van der Waals surface area contributed by atoms with E-state index in [4.69, 9.17) is 4.52 Å². The summed E-state index contributed by atoms with van der Waals surface area (Å²) in [6, 6.07) is 14.2. The number of nitrogens with one attached hydrogen (secondary N) is 1. The van der Waals surface area contributed by atoms with Gasteiger partial charge in [0.05, 0.1) is 11.4 Å². The van der Waals surface area contributed by atoms with E-state index in [0.29, 0.717) is 18.1 Å². The van der Waals surface area contributed by atoms with Crippen LogP contribution in [0.2, 0.25) is 0 Å². The number of hydrogen-bond acceptors (Lipinski definition) is 5. The van der Waals surface area contributed by atoms with Crippen molar-refractivity contribution in [3.63, 3.8) is 0 Å². The van der Waals surface area contributed by atoms with Crippen LogP contribution in [0, 0.1) is 0 Å². The van der Waals surface area contributed by atoms with E-state index < -0.39 is 0 Å². The molecule has 3 rings (SSSR count). The molecule has 2 aromatic heterocycles. The number of carbonyl (C=O) groups excluding carboxylic acids is 1. The first-order valence-corrected chi connectivity index (χ1v) is 8.86. The molecule has 24 heavy (non-hydrogen) atoms. The van der Waals surface area contributed by atoms with Gasteiger partial charge in [-0.1, -0.05) is 41.6 Å². The monoisotopic (exact) mass is 341 g/mol. The van der Waals surface area contributed by atoms with Gasteiger partial charge in [0.15, 0.2) is 0 Å². The second-order valence-corrected chi connectivity index (χ2v) is 6.41. The summed E-state index contributed by atoms with van der Waals surface area (Å²) in [6.45, 7) is 0.274. The van der Waals surface area contributed by atoms with Crippen LogP contribution in [0.4, 0.5) is 0 Å². The van der Waals surface area contributed by atoms with Crippen LogP contribution in [-0.2, 0) is 17.8 Å². The summed E-state index contributed by atoms with van der Waals surface area (Å²) in [6.07, 6.45) is 3.38. The van der Waals surface area contributed by atoms with Crippen LogP contribution < -0.4 is 5.32 Å². The standard InChI is InChI=1S/C18H19N3O2S/c22-16(11-5-4-9-14-7-2-1-3-8-14)19-13-17-20-18(21-23-17)15-10-6-12-24-15/h1-3,6-8,10,12H,4-5,9,11,13H2,(H,19,22). The Morgan fingerprint density at radius 1 is 1.12 bits per heavy atom. The molecule has 6 heteroatoms. The summed E-state index contributed by atoms with van der Waals surface area (Å²) in [5.74, 6) is 1.01. The van der Waals surface area contributed by atoms with Crippen molar-refractivity contribution in [3.05, 3.63) is 59.3 Å². The molecule has 124 valence electrons. The zero-order valence-corrected chi connectivity index (χ0v) is 14.1. The third-order valence-corrected chi connectivity index (χ3v) is 4.47. The van der Waals surface area contributed by atoms with Crippen molar-refractivity contribution in [2.45, 2.75) is 32.2 Å². The third kappa shape index (κ3) is 4.76. The summed E-state index contributed by atoms with van der Waals surface area (Å²) in [4.78, 5) is 17.1. The van der Waals surface area contributed by atoms with Crippen LogP contribution in [-0.4, -0.2) is 16.0 Å². The molecule has 0 unspecified atom stereocenters. The maximum absolute atomic E-state index is 11.9. The van der Waals surface area contributed by atoms with E-state index in [2.05, 4.69) is 27.6 Å². The van der Waals surface area contributed by atoms with E-state index in [0.717, 1.165) is 24.1 Å². The van der Waals surface area contributed by atoms with E-state index in [-0.39, 0.29) is 12.5 Å². The largest absolute Gasteiger partial charge is 0.347 e. The second-order valence-electron chi connectivity index (χ2n) is 5.46. The molecule has 1 aromatic carbocycles. The number of rotatable bonds is 8. The minimum absolute atomic E-state index is 0.0129. The Morgan fingerprint density at radius 2 is 2.00 bits per heavy atom. The number of benzene rings is 1. The molecule has 3 aromatic rings. The molecule has 0 aliphatic rings. The number of aryl methyl sites for hydroxylation is 1. The number of unbranched alkanes of at least 4 members (excludes halogenated alkanes) is 1. The molecular formula is C18H19N3O2S. The van der Waals surface area contributed by atoms with Gasteiger partial charge >= 0.3 is 0 Å². The van der Waals surface area contributed by atoms with Crippen molar-refractivity contribution in [3.8, 4) is 10.7 Å². The molecule has 0 atom stereocenters. The molecule has 0 spiro atoms. The topological polar surface area (TPSA) is 68.0 Å². The lowest BCUT2D eigenvalue weighted by Gasteiger charge is -2.03. The van der Waals surface area contributed by atoms with E-state index in [1.807, 2.05) is 35.7 Å². The SMILES string of the molecule is O=C(CCCCc1ccccc1)NCc1nc(-c2cccs2)no1. The molecule has 0 bridgehead atoms. The van der Waals surface area contributed by atoms with Gasteiger partial charge in [0.25, 0.3) is 0 Å². The molecule has 0 fully saturated rings. The number of nitrogens with zero attached hydrogens (tertiary/aromatic N) is 2. The first kappa shape index (κ1) is 16.4. The van der Waals surface area contributed by atoms with E-state index >= 15 is 0 Å². The van der Waals surface area contributed by atoms with Crippen molar-refractivity contribution in [2.75, 3.05) is 0 Å². The molecule has 0 aliphatic heterocycles. The van der Waals surface area contributed by atoms with Gasteiger partial charge in [0.2, 0.25) is 17.6 Å². The van der Waals surface area contributed by atoms with Crippen LogP contribution in [0.1, 0.15) is 30.7 Å². The fraction of sp³-hybridized carbons (Fsp3) is 0.278. The van der Waals surface area contributed by atoms with Crippen molar-refractivity contribution in [2.24, 2.45) is 0 Å². The fourth-order valence-corrected chi connectivity index (χ4v) is 3.00. The molecular weight excluding hydrogens is 322 g/mol. The lowest BCUT2D eigenvalue weighted by Crippen LogP contribution is -2.22. The number of carbonyl (C=O) groups is 1. The van der Waals surface area contributed by atoms with Gasteiger partial charge in [0.1, 0.15) is 0 Å².